The topological polar surface area (TPSA) is 50.9 Å². The molecule has 1 aliphatic heterocycles. The van der Waals surface area contributed by atoms with Crippen molar-refractivity contribution in [3.8, 4) is 5.75 Å². The average Bonchev–Trinajstić information content (AvgIpc) is 3.46. The number of fused-ring (bicyclic) bond motifs is 1. The van der Waals surface area contributed by atoms with Gasteiger partial charge in [-0.15, -0.1) is 0 Å². The fraction of sp³-hybridized carbons (Fsp3) is 0.269. The number of carbonyl (C=O) groups is 1. The molecule has 3 heterocycles. The molecule has 1 amide bonds. The molecule has 0 aliphatic carbocycles. The highest BCUT2D eigenvalue weighted by molar-refractivity contribution is 5.97. The van der Waals surface area contributed by atoms with Gasteiger partial charge in [0.15, 0.2) is 5.58 Å². The molecule has 1 saturated heterocycles. The molecule has 0 atom stereocenters. The lowest BCUT2D eigenvalue weighted by Crippen LogP contribution is -2.49. The zero-order chi connectivity index (χ0) is 24.6. The van der Waals surface area contributed by atoms with E-state index in [0.29, 0.717) is 48.5 Å². The Morgan fingerprint density at radius 1 is 1.00 bits per heavy atom. The molecule has 6 nitrogen and oxygen atoms in total. The van der Waals surface area contributed by atoms with Crippen molar-refractivity contribution in [3.05, 3.63) is 83.7 Å². The van der Waals surface area contributed by atoms with Crippen molar-refractivity contribution in [2.45, 2.75) is 12.7 Å². The third-order valence-corrected chi connectivity index (χ3v) is 6.33. The van der Waals surface area contributed by atoms with E-state index >= 15 is 0 Å². The number of piperazine rings is 1. The van der Waals surface area contributed by atoms with Crippen LogP contribution in [0.2, 0.25) is 0 Å². The number of hydrogen-bond donors (Lipinski definition) is 0. The lowest BCUT2D eigenvalue weighted by atomic mass is 10.1. The zero-order valence-electron chi connectivity index (χ0n) is 19.1. The largest absolute Gasteiger partial charge is 0.495 e. The third-order valence-electron chi connectivity index (χ3n) is 6.33. The Labute approximate surface area is 200 Å². The smallest absolute Gasteiger partial charge is 0.416 e. The van der Waals surface area contributed by atoms with Crippen molar-refractivity contribution >= 4 is 22.7 Å². The number of hydrogen-bond acceptors (Lipinski definition) is 4. The molecule has 0 bridgehead atoms. The summed E-state index contributed by atoms with van der Waals surface area (Å²) in [6, 6.07) is 16.3. The van der Waals surface area contributed by atoms with E-state index in [9.17, 15) is 18.0 Å². The van der Waals surface area contributed by atoms with E-state index in [2.05, 4.69) is 4.90 Å². The van der Waals surface area contributed by atoms with Crippen LogP contribution in [0.4, 0.5) is 18.9 Å². The summed E-state index contributed by atoms with van der Waals surface area (Å²) in [5.41, 5.74) is 2.29. The average molecular weight is 483 g/mol. The zero-order valence-corrected chi connectivity index (χ0v) is 19.1. The monoisotopic (exact) mass is 483 g/mol. The molecule has 1 aliphatic rings. The highest BCUT2D eigenvalue weighted by Gasteiger charge is 2.31. The Hall–Kier alpha value is -3.88. The Bertz CT molecular complexity index is 1350. The van der Waals surface area contributed by atoms with Gasteiger partial charge in [0.1, 0.15) is 11.4 Å². The number of aromatic nitrogens is 1. The fourth-order valence-corrected chi connectivity index (χ4v) is 4.56. The summed E-state index contributed by atoms with van der Waals surface area (Å²) >= 11 is 0. The number of carbonyl (C=O) groups excluding carboxylic acids is 1. The van der Waals surface area contributed by atoms with Crippen molar-refractivity contribution in [1.29, 1.82) is 0 Å². The van der Waals surface area contributed by atoms with Crippen LogP contribution in [0.1, 0.15) is 21.6 Å². The van der Waals surface area contributed by atoms with Crippen LogP contribution in [0.15, 0.2) is 71.3 Å². The van der Waals surface area contributed by atoms with Crippen molar-refractivity contribution in [2.24, 2.45) is 0 Å². The second-order valence-electron chi connectivity index (χ2n) is 8.44. The highest BCUT2D eigenvalue weighted by Crippen LogP contribution is 2.31. The minimum absolute atomic E-state index is 0.120. The molecule has 0 unspecified atom stereocenters. The summed E-state index contributed by atoms with van der Waals surface area (Å²) in [5.74, 6) is 0.602. The number of methoxy groups -OCH3 is 1. The van der Waals surface area contributed by atoms with Crippen molar-refractivity contribution in [3.63, 3.8) is 0 Å². The molecule has 35 heavy (non-hydrogen) atoms. The molecule has 0 radical (unpaired) electrons. The van der Waals surface area contributed by atoms with E-state index in [1.807, 2.05) is 24.3 Å². The molecule has 2 aromatic carbocycles. The third kappa shape index (κ3) is 4.45. The predicted octanol–water partition coefficient (Wildman–Crippen LogP) is 5.27. The van der Waals surface area contributed by atoms with Gasteiger partial charge in [-0.05, 0) is 29.8 Å². The Balaban J connectivity index is 1.38. The summed E-state index contributed by atoms with van der Waals surface area (Å²) in [5, 5.41) is 0. The maximum Gasteiger partial charge on any atom is 0.416 e. The predicted molar refractivity (Wildman–Crippen MR) is 126 cm³/mol. The molecule has 1 fully saturated rings. The van der Waals surface area contributed by atoms with E-state index in [4.69, 9.17) is 9.15 Å². The lowest BCUT2D eigenvalue weighted by molar-refractivity contribution is -0.137. The quantitative estimate of drug-likeness (QED) is 0.388. The van der Waals surface area contributed by atoms with Crippen LogP contribution in [0.25, 0.3) is 11.1 Å². The Kier molecular flexibility index (Phi) is 5.92. The molecule has 0 spiro atoms. The molecular formula is C26H24F3N3O3. The molecule has 5 rings (SSSR count). The normalized spacial score (nSPS) is 14.5. The number of benzene rings is 2. The minimum Gasteiger partial charge on any atom is -0.495 e. The maximum absolute atomic E-state index is 13.5. The maximum atomic E-state index is 13.5. The van der Waals surface area contributed by atoms with E-state index in [1.54, 1.807) is 34.8 Å². The van der Waals surface area contributed by atoms with Crippen LogP contribution in [0.5, 0.6) is 5.75 Å². The molecule has 182 valence electrons. The van der Waals surface area contributed by atoms with Gasteiger partial charge in [0.2, 0.25) is 0 Å². The number of ether oxygens (including phenoxy) is 1. The van der Waals surface area contributed by atoms with E-state index in [0.717, 1.165) is 23.6 Å². The standard InChI is InChI=1S/C26H24F3N3O3/c1-34-23-8-3-2-7-20(23)30-10-12-31(13-11-30)25(33)22-16-24-21(9-14-35-24)32(22)17-18-5-4-6-19(15-18)26(27,28)29/h2-9,14-16H,10-13,17H2,1H3. The van der Waals surface area contributed by atoms with Crippen LogP contribution in [-0.2, 0) is 12.7 Å². The Morgan fingerprint density at radius 3 is 2.51 bits per heavy atom. The SMILES string of the molecule is COc1ccccc1N1CCN(C(=O)c2cc3occc3n2Cc2cccc(C(F)(F)F)c2)CC1. The van der Waals surface area contributed by atoms with Gasteiger partial charge in [-0.3, -0.25) is 4.79 Å². The van der Waals surface area contributed by atoms with Gasteiger partial charge in [-0.25, -0.2) is 0 Å². The Morgan fingerprint density at radius 2 is 1.77 bits per heavy atom. The molecule has 0 N–H and O–H groups in total. The molecular weight excluding hydrogens is 459 g/mol. The van der Waals surface area contributed by atoms with Crippen molar-refractivity contribution in [2.75, 3.05) is 38.2 Å². The first-order chi connectivity index (χ1) is 16.8. The molecule has 0 saturated carbocycles. The number of para-hydroxylation sites is 2. The van der Waals surface area contributed by atoms with Crippen LogP contribution >= 0.6 is 0 Å². The van der Waals surface area contributed by atoms with E-state index in [-0.39, 0.29) is 12.5 Å². The first-order valence-corrected chi connectivity index (χ1v) is 11.3. The lowest BCUT2D eigenvalue weighted by Gasteiger charge is -2.36. The van der Waals surface area contributed by atoms with Crippen LogP contribution in [0, 0.1) is 0 Å². The van der Waals surface area contributed by atoms with Gasteiger partial charge in [0.25, 0.3) is 5.91 Å². The van der Waals surface area contributed by atoms with Gasteiger partial charge in [-0.2, -0.15) is 13.2 Å². The summed E-state index contributed by atoms with van der Waals surface area (Å²) in [4.78, 5) is 17.5. The molecule has 9 heteroatoms. The van der Waals surface area contributed by atoms with Crippen LogP contribution < -0.4 is 9.64 Å². The number of nitrogens with zero attached hydrogens (tertiary/aromatic N) is 3. The molecule has 2 aromatic heterocycles. The van der Waals surface area contributed by atoms with Gasteiger partial charge < -0.3 is 23.5 Å². The fourth-order valence-electron chi connectivity index (χ4n) is 4.56. The second-order valence-corrected chi connectivity index (χ2v) is 8.44. The van der Waals surface area contributed by atoms with Crippen molar-refractivity contribution in [1.82, 2.24) is 9.47 Å². The number of halogens is 3. The number of amides is 1. The van der Waals surface area contributed by atoms with Crippen molar-refractivity contribution < 1.29 is 27.1 Å². The van der Waals surface area contributed by atoms with Gasteiger partial charge >= 0.3 is 6.18 Å². The number of rotatable bonds is 5. The van der Waals surface area contributed by atoms with Gasteiger partial charge in [0.05, 0.1) is 30.1 Å². The summed E-state index contributed by atoms with van der Waals surface area (Å²) < 4.78 is 52.3. The minimum atomic E-state index is -4.43. The highest BCUT2D eigenvalue weighted by atomic mass is 19.4. The number of anilines is 1. The van der Waals surface area contributed by atoms with Gasteiger partial charge in [0, 0.05) is 44.9 Å². The second kappa shape index (κ2) is 9.05. The van der Waals surface area contributed by atoms with Crippen LogP contribution in [-0.4, -0.2) is 48.7 Å². The van der Waals surface area contributed by atoms with E-state index in [1.165, 1.54) is 12.3 Å². The first-order valence-electron chi connectivity index (χ1n) is 11.3. The van der Waals surface area contributed by atoms with Crippen LogP contribution in [0.3, 0.4) is 0 Å². The first kappa shape index (κ1) is 22.9. The number of alkyl halides is 3. The summed E-state index contributed by atoms with van der Waals surface area (Å²) in [6.45, 7) is 2.41. The van der Waals surface area contributed by atoms with E-state index < -0.39 is 11.7 Å². The summed E-state index contributed by atoms with van der Waals surface area (Å²) in [7, 11) is 1.63. The summed E-state index contributed by atoms with van der Waals surface area (Å²) in [6.07, 6.45) is -2.93. The van der Waals surface area contributed by atoms with Gasteiger partial charge in [-0.1, -0.05) is 24.3 Å². The molecule has 4 aromatic rings. The number of furan rings is 1.